The number of likely N-dealkylation sites (tertiary alicyclic amines) is 1. The van der Waals surface area contributed by atoms with Crippen LogP contribution in [0.3, 0.4) is 0 Å². The Kier molecular flexibility index (Phi) is 6.16. The van der Waals surface area contributed by atoms with Crippen molar-refractivity contribution in [3.05, 3.63) is 18.2 Å². The molecule has 0 radical (unpaired) electrons. The summed E-state index contributed by atoms with van der Waals surface area (Å²) in [4.78, 5) is 34.6. The minimum atomic E-state index is -0.212. The lowest BCUT2D eigenvalue weighted by Crippen LogP contribution is -2.37. The predicted octanol–water partition coefficient (Wildman–Crippen LogP) is 2.42. The number of pyridine rings is 1. The number of carbonyl (C=O) groups excluding carboxylic acids is 2. The van der Waals surface area contributed by atoms with Crippen LogP contribution in [-0.2, 0) is 27.3 Å². The molecule has 180 valence electrons. The summed E-state index contributed by atoms with van der Waals surface area (Å²) in [6.45, 7) is 6.25. The molecule has 3 aromatic rings. The number of fused-ring (bicyclic) bond motifs is 1. The average molecular weight is 468 g/mol. The van der Waals surface area contributed by atoms with Crippen molar-refractivity contribution in [3.63, 3.8) is 0 Å². The molecule has 11 nitrogen and oxygen atoms in total. The van der Waals surface area contributed by atoms with E-state index >= 15 is 0 Å². The van der Waals surface area contributed by atoms with Gasteiger partial charge >= 0.3 is 5.97 Å². The third-order valence-electron chi connectivity index (χ3n) is 6.69. The number of carbonyl (C=O) groups is 2. The maximum atomic E-state index is 11.8. The zero-order valence-electron chi connectivity index (χ0n) is 19.5. The van der Waals surface area contributed by atoms with Crippen LogP contribution in [0, 0.1) is 5.92 Å². The van der Waals surface area contributed by atoms with Crippen molar-refractivity contribution < 1.29 is 18.8 Å². The number of ether oxygens (including phenoxy) is 1. The highest BCUT2D eigenvalue weighted by atomic mass is 16.5. The van der Waals surface area contributed by atoms with Crippen LogP contribution in [0.15, 0.2) is 16.9 Å². The van der Waals surface area contributed by atoms with E-state index < -0.39 is 0 Å². The first-order valence-electron chi connectivity index (χ1n) is 11.9. The molecule has 0 spiro atoms. The van der Waals surface area contributed by atoms with E-state index in [1.807, 2.05) is 16.5 Å². The quantitative estimate of drug-likeness (QED) is 0.543. The normalized spacial score (nSPS) is 19.4. The van der Waals surface area contributed by atoms with Gasteiger partial charge in [-0.15, -0.1) is 0 Å². The number of nitrogens with one attached hydrogen (secondary N) is 1. The van der Waals surface area contributed by atoms with E-state index in [0.717, 1.165) is 42.7 Å². The molecule has 1 atom stereocenters. The van der Waals surface area contributed by atoms with E-state index in [4.69, 9.17) is 9.26 Å². The molecule has 0 aromatic carbocycles. The van der Waals surface area contributed by atoms with Crippen LogP contribution in [-0.4, -0.2) is 67.4 Å². The zero-order valence-corrected chi connectivity index (χ0v) is 19.5. The standard InChI is InChI=1S/C23H29N7O4/c1-3-30-22-17(13-25-30)21(26-16-6-9-33-20(32)11-16)18(12-24-22)23-27-19(28-34-23)10-15-4-7-29(8-5-15)14(2)31/h12-13,15-16H,3-11H2,1-2H3,(H,24,26). The molecule has 0 bridgehead atoms. The number of hydrogen-bond donors (Lipinski definition) is 1. The summed E-state index contributed by atoms with van der Waals surface area (Å²) in [7, 11) is 0. The second kappa shape index (κ2) is 9.40. The topological polar surface area (TPSA) is 128 Å². The smallest absolute Gasteiger partial charge is 0.307 e. The summed E-state index contributed by atoms with van der Waals surface area (Å²) in [6, 6.07) is -0.0653. The average Bonchev–Trinajstić information content (AvgIpc) is 3.47. The Morgan fingerprint density at radius 3 is 2.79 bits per heavy atom. The Bertz CT molecular complexity index is 1200. The molecule has 5 rings (SSSR count). The summed E-state index contributed by atoms with van der Waals surface area (Å²) in [5.41, 5.74) is 2.23. The molecule has 1 amide bonds. The molecule has 0 saturated carbocycles. The number of anilines is 1. The summed E-state index contributed by atoms with van der Waals surface area (Å²) >= 11 is 0. The first-order chi connectivity index (χ1) is 16.5. The predicted molar refractivity (Wildman–Crippen MR) is 123 cm³/mol. The van der Waals surface area contributed by atoms with E-state index in [1.54, 1.807) is 19.3 Å². The van der Waals surface area contributed by atoms with Gasteiger partial charge in [0.25, 0.3) is 5.89 Å². The van der Waals surface area contributed by atoms with Crippen molar-refractivity contribution in [1.82, 2.24) is 29.8 Å². The van der Waals surface area contributed by atoms with E-state index in [0.29, 0.717) is 55.6 Å². The van der Waals surface area contributed by atoms with Gasteiger partial charge < -0.3 is 19.5 Å². The lowest BCUT2D eigenvalue weighted by molar-refractivity contribution is -0.147. The second-order valence-electron chi connectivity index (χ2n) is 8.97. The molecule has 3 aromatic heterocycles. The van der Waals surface area contributed by atoms with Gasteiger partial charge in [-0.2, -0.15) is 10.1 Å². The highest BCUT2D eigenvalue weighted by Crippen LogP contribution is 2.34. The van der Waals surface area contributed by atoms with Gasteiger partial charge in [-0.3, -0.25) is 9.59 Å². The Hall–Kier alpha value is -3.50. The molecule has 2 aliphatic rings. The molecule has 0 aliphatic carbocycles. The minimum absolute atomic E-state index is 0.0653. The first-order valence-corrected chi connectivity index (χ1v) is 11.9. The van der Waals surface area contributed by atoms with E-state index in [2.05, 4.69) is 25.5 Å². The number of amides is 1. The summed E-state index contributed by atoms with van der Waals surface area (Å²) in [5.74, 6) is 1.36. The van der Waals surface area contributed by atoms with Crippen LogP contribution >= 0.6 is 0 Å². The van der Waals surface area contributed by atoms with E-state index in [1.165, 1.54) is 0 Å². The van der Waals surface area contributed by atoms with Gasteiger partial charge in [0.2, 0.25) is 5.91 Å². The van der Waals surface area contributed by atoms with Gasteiger partial charge in [0.1, 0.15) is 0 Å². The Balaban J connectivity index is 1.40. The van der Waals surface area contributed by atoms with Crippen molar-refractivity contribution in [2.24, 2.45) is 5.92 Å². The Morgan fingerprint density at radius 2 is 2.06 bits per heavy atom. The molecular weight excluding hydrogens is 438 g/mol. The molecule has 5 heterocycles. The van der Waals surface area contributed by atoms with Crippen LogP contribution in [0.2, 0.25) is 0 Å². The number of cyclic esters (lactones) is 1. The monoisotopic (exact) mass is 467 g/mol. The SMILES string of the molecule is CCn1ncc2c(NC3CCOC(=O)C3)c(-c3nc(CC4CCN(C(C)=O)CC4)no3)cnc21. The summed E-state index contributed by atoms with van der Waals surface area (Å²) in [6.07, 6.45) is 7.07. The number of esters is 1. The number of rotatable bonds is 6. The fraction of sp³-hybridized carbons (Fsp3) is 0.565. The molecule has 11 heteroatoms. The van der Waals surface area contributed by atoms with Crippen molar-refractivity contribution in [2.75, 3.05) is 25.0 Å². The van der Waals surface area contributed by atoms with Gasteiger partial charge in [-0.1, -0.05) is 5.16 Å². The van der Waals surface area contributed by atoms with Gasteiger partial charge in [-0.25, -0.2) is 9.67 Å². The Morgan fingerprint density at radius 1 is 1.24 bits per heavy atom. The molecule has 2 aliphatic heterocycles. The highest BCUT2D eigenvalue weighted by Gasteiger charge is 2.26. The van der Waals surface area contributed by atoms with E-state index in [-0.39, 0.29) is 17.9 Å². The summed E-state index contributed by atoms with van der Waals surface area (Å²) < 4.78 is 12.6. The number of piperidine rings is 1. The van der Waals surface area contributed by atoms with E-state index in [9.17, 15) is 9.59 Å². The second-order valence-corrected chi connectivity index (χ2v) is 8.97. The van der Waals surface area contributed by atoms with Crippen LogP contribution in [0.4, 0.5) is 5.69 Å². The fourth-order valence-corrected chi connectivity index (χ4v) is 4.74. The maximum Gasteiger partial charge on any atom is 0.307 e. The van der Waals surface area contributed by atoms with Crippen LogP contribution in [0.25, 0.3) is 22.5 Å². The van der Waals surface area contributed by atoms with Crippen molar-refractivity contribution in [1.29, 1.82) is 0 Å². The first kappa shape index (κ1) is 22.3. The molecule has 2 fully saturated rings. The van der Waals surface area contributed by atoms with Crippen LogP contribution in [0.5, 0.6) is 0 Å². The maximum absolute atomic E-state index is 11.8. The third kappa shape index (κ3) is 4.46. The molecular formula is C23H29N7O4. The fourth-order valence-electron chi connectivity index (χ4n) is 4.74. The van der Waals surface area contributed by atoms with Crippen molar-refractivity contribution >= 4 is 28.6 Å². The van der Waals surface area contributed by atoms with Crippen LogP contribution < -0.4 is 5.32 Å². The molecule has 34 heavy (non-hydrogen) atoms. The number of nitrogens with zero attached hydrogens (tertiary/aromatic N) is 6. The third-order valence-corrected chi connectivity index (χ3v) is 6.69. The Labute approximate surface area is 196 Å². The number of aromatic nitrogens is 5. The minimum Gasteiger partial charge on any atom is -0.466 e. The number of aryl methyl sites for hydroxylation is 1. The van der Waals surface area contributed by atoms with Gasteiger partial charge in [0.05, 0.1) is 35.9 Å². The van der Waals surface area contributed by atoms with Gasteiger partial charge in [0.15, 0.2) is 11.5 Å². The largest absolute Gasteiger partial charge is 0.466 e. The molecule has 1 unspecified atom stereocenters. The summed E-state index contributed by atoms with van der Waals surface area (Å²) in [5, 5.41) is 13.0. The van der Waals surface area contributed by atoms with Gasteiger partial charge in [-0.05, 0) is 25.7 Å². The molecule has 1 N–H and O–H groups in total. The lowest BCUT2D eigenvalue weighted by atomic mass is 9.93. The highest BCUT2D eigenvalue weighted by molar-refractivity contribution is 5.96. The van der Waals surface area contributed by atoms with Crippen molar-refractivity contribution in [2.45, 2.75) is 58.5 Å². The number of hydrogen-bond acceptors (Lipinski definition) is 9. The van der Waals surface area contributed by atoms with Crippen LogP contribution in [0.1, 0.15) is 45.4 Å². The van der Waals surface area contributed by atoms with Crippen molar-refractivity contribution in [3.8, 4) is 11.5 Å². The zero-order chi connectivity index (χ0) is 23.7. The van der Waals surface area contributed by atoms with Gasteiger partial charge in [0, 0.05) is 51.6 Å². The molecule has 2 saturated heterocycles. The lowest BCUT2D eigenvalue weighted by Gasteiger charge is -2.30.